The minimum Gasteiger partial charge on any atom is -0.394 e. The second-order valence-electron chi connectivity index (χ2n) is 9.32. The lowest BCUT2D eigenvalue weighted by Gasteiger charge is -2.48. The van der Waals surface area contributed by atoms with E-state index in [0.29, 0.717) is 0 Å². The van der Waals surface area contributed by atoms with Gasteiger partial charge in [0.2, 0.25) is 18.1 Å². The summed E-state index contributed by atoms with van der Waals surface area (Å²) in [6.45, 7) is 3.98. The molecule has 2 rings (SSSR count). The van der Waals surface area contributed by atoms with Crippen LogP contribution in [0.5, 0.6) is 0 Å². The summed E-state index contributed by atoms with van der Waals surface area (Å²) in [7, 11) is 0. The first kappa shape index (κ1) is 31.4. The van der Waals surface area contributed by atoms with E-state index in [1.54, 1.807) is 13.2 Å². The van der Waals surface area contributed by atoms with Gasteiger partial charge in [0.25, 0.3) is 0 Å². The van der Waals surface area contributed by atoms with Gasteiger partial charge in [-0.15, -0.1) is 0 Å². The van der Waals surface area contributed by atoms with E-state index in [4.69, 9.17) is 14.2 Å². The molecule has 0 aliphatic carbocycles. The van der Waals surface area contributed by atoms with Crippen LogP contribution in [0.4, 0.5) is 0 Å². The van der Waals surface area contributed by atoms with E-state index in [1.165, 1.54) is 25.7 Å². The molecule has 2 saturated heterocycles. The zero-order valence-electron chi connectivity index (χ0n) is 21.1. The van der Waals surface area contributed by atoms with E-state index >= 15 is 0 Å². The summed E-state index contributed by atoms with van der Waals surface area (Å²) >= 11 is 0. The van der Waals surface area contributed by atoms with Crippen LogP contribution in [0, 0.1) is 0 Å². The second kappa shape index (κ2) is 13.8. The molecule has 2 aliphatic heterocycles. The fraction of sp³-hybridized carbons (Fsp3) is 0.864. The Morgan fingerprint density at radius 3 is 1.97 bits per heavy atom. The molecule has 15 heteroatoms. The van der Waals surface area contributed by atoms with Crippen molar-refractivity contribution in [2.75, 3.05) is 19.8 Å². The monoisotopic (exact) mass is 536 g/mol. The lowest BCUT2D eigenvalue weighted by molar-refractivity contribution is -0.271. The van der Waals surface area contributed by atoms with Crippen LogP contribution < -0.4 is 10.6 Å². The van der Waals surface area contributed by atoms with Gasteiger partial charge in [-0.1, -0.05) is 0 Å². The van der Waals surface area contributed by atoms with Crippen molar-refractivity contribution in [3.05, 3.63) is 0 Å². The van der Waals surface area contributed by atoms with Crippen LogP contribution in [-0.2, 0) is 28.6 Å². The molecule has 2 heterocycles. The average Bonchev–Trinajstić information content (AvgIpc) is 2.84. The van der Waals surface area contributed by atoms with Crippen molar-refractivity contribution in [2.24, 2.45) is 0 Å². The van der Waals surface area contributed by atoms with Gasteiger partial charge in [0, 0.05) is 20.4 Å². The molecular weight excluding hydrogens is 498 g/mol. The summed E-state index contributed by atoms with van der Waals surface area (Å²) < 4.78 is 16.9. The Labute approximate surface area is 214 Å². The molecule has 15 nitrogen and oxygen atoms in total. The topological polar surface area (TPSA) is 228 Å². The quantitative estimate of drug-likeness (QED) is 0.124. The van der Waals surface area contributed by atoms with Crippen molar-refractivity contribution in [1.82, 2.24) is 15.5 Å². The molecule has 1 radical (unpaired) electrons. The van der Waals surface area contributed by atoms with Crippen molar-refractivity contribution in [2.45, 2.75) is 101 Å². The van der Waals surface area contributed by atoms with Crippen molar-refractivity contribution < 1.29 is 59.2 Å². The van der Waals surface area contributed by atoms with Gasteiger partial charge in [-0.05, 0) is 13.8 Å². The van der Waals surface area contributed by atoms with Crippen molar-refractivity contribution in [3.63, 3.8) is 0 Å². The number of hydrogen-bond donors (Lipinski definition) is 8. The van der Waals surface area contributed by atoms with E-state index in [0.717, 1.165) is 0 Å². The van der Waals surface area contributed by atoms with E-state index in [1.807, 2.05) is 0 Å². The van der Waals surface area contributed by atoms with E-state index in [2.05, 4.69) is 10.6 Å². The largest absolute Gasteiger partial charge is 0.394 e. The van der Waals surface area contributed by atoms with Crippen LogP contribution in [0.25, 0.3) is 0 Å². The number of nitrogens with zero attached hydrogens (tertiary/aromatic N) is 1. The summed E-state index contributed by atoms with van der Waals surface area (Å²) in [4.78, 5) is 36.5. The molecule has 8 N–H and O–H groups in total. The number of amides is 2. The van der Waals surface area contributed by atoms with Crippen LogP contribution in [0.2, 0.25) is 0 Å². The first-order valence-corrected chi connectivity index (χ1v) is 11.9. The Morgan fingerprint density at radius 1 is 0.919 bits per heavy atom. The summed E-state index contributed by atoms with van der Waals surface area (Å²) in [5.41, 5.74) is 0. The SMILES string of the molecule is CC(=O)N[C@@H]1[C@@H](OC(C)CN(C2O[C@H](CO)[C@@H](O)[C@H](O)[C@H]2NC(C)=O)[C@@H](C)[C]=O)[C@H](O)[C@@H](CO)O[C@@H]1O. The number of nitrogens with one attached hydrogen (secondary N) is 2. The van der Waals surface area contributed by atoms with Gasteiger partial charge in [0.15, 0.2) is 6.29 Å². The average molecular weight is 537 g/mol. The minimum absolute atomic E-state index is 0.130. The second-order valence-corrected chi connectivity index (χ2v) is 9.32. The molecule has 2 fully saturated rings. The highest BCUT2D eigenvalue weighted by molar-refractivity contribution is 5.73. The Kier molecular flexibility index (Phi) is 11.8. The highest BCUT2D eigenvalue weighted by Gasteiger charge is 2.49. The summed E-state index contributed by atoms with van der Waals surface area (Å²) in [6.07, 6.45) is -10.1. The maximum Gasteiger partial charge on any atom is 0.217 e. The molecule has 2 unspecified atom stereocenters. The van der Waals surface area contributed by atoms with Crippen molar-refractivity contribution in [3.8, 4) is 0 Å². The minimum atomic E-state index is -1.60. The van der Waals surface area contributed by atoms with Crippen LogP contribution in [-0.4, -0.2) is 147 Å². The third kappa shape index (κ3) is 7.63. The zero-order chi connectivity index (χ0) is 28.0. The zero-order valence-corrected chi connectivity index (χ0v) is 21.1. The summed E-state index contributed by atoms with van der Waals surface area (Å²) in [5, 5.41) is 66.0. The first-order chi connectivity index (χ1) is 17.4. The van der Waals surface area contributed by atoms with Gasteiger partial charge in [0.1, 0.15) is 48.9 Å². The van der Waals surface area contributed by atoms with E-state index in [9.17, 15) is 45.0 Å². The molecule has 12 atom stereocenters. The smallest absolute Gasteiger partial charge is 0.217 e. The van der Waals surface area contributed by atoms with Crippen molar-refractivity contribution in [1.29, 1.82) is 0 Å². The fourth-order valence-corrected chi connectivity index (χ4v) is 4.57. The highest BCUT2D eigenvalue weighted by Crippen LogP contribution is 2.27. The number of carbonyl (C=O) groups excluding carboxylic acids is 3. The van der Waals surface area contributed by atoms with Gasteiger partial charge in [-0.2, -0.15) is 0 Å². The maximum atomic E-state index is 11.8. The van der Waals surface area contributed by atoms with Gasteiger partial charge in [0.05, 0.1) is 31.4 Å². The Balaban J connectivity index is 2.32. The summed E-state index contributed by atoms with van der Waals surface area (Å²) in [6, 6.07) is -3.40. The lowest BCUT2D eigenvalue weighted by Crippen LogP contribution is -2.70. The third-order valence-electron chi connectivity index (χ3n) is 6.37. The molecular formula is C22H38N3O12. The van der Waals surface area contributed by atoms with Gasteiger partial charge in [-0.3, -0.25) is 19.3 Å². The molecule has 0 bridgehead atoms. The van der Waals surface area contributed by atoms with Gasteiger partial charge < -0.3 is 55.5 Å². The number of hydrogen-bond acceptors (Lipinski definition) is 13. The van der Waals surface area contributed by atoms with E-state index in [-0.39, 0.29) is 6.54 Å². The fourth-order valence-electron chi connectivity index (χ4n) is 4.57. The van der Waals surface area contributed by atoms with Crippen LogP contribution in [0.15, 0.2) is 0 Å². The standard InChI is InChI=1S/C22H38N3O12/c1-9(6-26)25(21-15(23-11(3)29)19(33)17(31)13(7-27)36-21)5-10(2)35-20-16(24-12(4)30)22(34)37-14(8-28)18(20)32/h9-10,13-22,27-28,31-34H,5,7-8H2,1-4H3,(H,23,29)(H,24,30)/t9-,10?,13+,14+,15+,16+,17+,18+,19+,20+,21?,22-/m0/s1. The summed E-state index contributed by atoms with van der Waals surface area (Å²) in [5.74, 6) is -1.09. The number of aliphatic hydroxyl groups excluding tert-OH is 6. The van der Waals surface area contributed by atoms with Crippen LogP contribution in [0.3, 0.4) is 0 Å². The number of ether oxygens (including phenoxy) is 3. The van der Waals surface area contributed by atoms with E-state index < -0.39 is 98.4 Å². The lowest BCUT2D eigenvalue weighted by atomic mass is 9.94. The van der Waals surface area contributed by atoms with Gasteiger partial charge in [-0.25, -0.2) is 0 Å². The third-order valence-corrected chi connectivity index (χ3v) is 6.37. The predicted molar refractivity (Wildman–Crippen MR) is 123 cm³/mol. The number of aliphatic hydroxyl groups is 6. The molecule has 0 saturated carbocycles. The molecule has 2 amide bonds. The van der Waals surface area contributed by atoms with Crippen molar-refractivity contribution >= 4 is 18.1 Å². The normalized spacial score (nSPS) is 38.0. The molecule has 0 aromatic heterocycles. The predicted octanol–water partition coefficient (Wildman–Crippen LogP) is -4.92. The van der Waals surface area contributed by atoms with Crippen LogP contribution >= 0.6 is 0 Å². The Hall–Kier alpha value is -1.79. The maximum absolute atomic E-state index is 11.8. The highest BCUT2D eigenvalue weighted by atomic mass is 16.6. The molecule has 0 aromatic carbocycles. The number of rotatable bonds is 11. The molecule has 37 heavy (non-hydrogen) atoms. The van der Waals surface area contributed by atoms with Crippen LogP contribution in [0.1, 0.15) is 27.7 Å². The Bertz CT molecular complexity index is 775. The molecule has 0 aromatic rings. The molecule has 213 valence electrons. The molecule has 0 spiro atoms. The number of carbonyl (C=O) groups is 2. The Morgan fingerprint density at radius 2 is 1.46 bits per heavy atom. The first-order valence-electron chi connectivity index (χ1n) is 11.9. The molecule has 2 aliphatic rings. The van der Waals surface area contributed by atoms with Gasteiger partial charge >= 0.3 is 0 Å².